The van der Waals surface area contributed by atoms with E-state index in [1.807, 2.05) is 30.3 Å². The minimum atomic E-state index is -5.08. The Balaban J connectivity index is 0.000000604. The van der Waals surface area contributed by atoms with Gasteiger partial charge in [0.15, 0.2) is 5.82 Å². The first-order valence-corrected chi connectivity index (χ1v) is 11.3. The summed E-state index contributed by atoms with van der Waals surface area (Å²) in [6, 6.07) is 11.3. The Hall–Kier alpha value is -3.76. The molecule has 10 nitrogen and oxygen atoms in total. The van der Waals surface area contributed by atoms with Crippen LogP contribution < -0.4 is 10.4 Å². The van der Waals surface area contributed by atoms with E-state index < -0.39 is 12.1 Å². The lowest BCUT2D eigenvalue weighted by Crippen LogP contribution is -2.47. The van der Waals surface area contributed by atoms with Crippen molar-refractivity contribution in [2.75, 3.05) is 37.9 Å². The first kappa shape index (κ1) is 29.5. The first-order valence-electron chi connectivity index (χ1n) is 11.3. The Kier molecular flexibility index (Phi) is 10.3. The molecule has 0 atom stereocenters. The van der Waals surface area contributed by atoms with Gasteiger partial charge in [-0.05, 0) is 23.1 Å². The molecule has 1 aromatic heterocycles. The van der Waals surface area contributed by atoms with Gasteiger partial charge in [0.1, 0.15) is 6.07 Å². The number of hydrogen-bond donors (Lipinski definition) is 2. The summed E-state index contributed by atoms with van der Waals surface area (Å²) in [6.07, 6.45) is -3.57. The van der Waals surface area contributed by atoms with Gasteiger partial charge in [0.2, 0.25) is 5.82 Å². The maximum Gasteiger partial charge on any atom is 0.490 e. The first-order chi connectivity index (χ1) is 17.3. The molecule has 13 heteroatoms. The molecule has 2 aromatic rings. The zero-order valence-corrected chi connectivity index (χ0v) is 20.7. The van der Waals surface area contributed by atoms with Gasteiger partial charge in [-0.3, -0.25) is 20.1 Å². The van der Waals surface area contributed by atoms with Crippen LogP contribution in [0.5, 0.6) is 0 Å². The van der Waals surface area contributed by atoms with Gasteiger partial charge in [-0.2, -0.15) is 23.4 Å². The summed E-state index contributed by atoms with van der Waals surface area (Å²) in [5.41, 5.74) is 4.55. The van der Waals surface area contributed by atoms with Crippen molar-refractivity contribution in [3.8, 4) is 6.07 Å². The molecule has 0 aliphatic carbocycles. The van der Waals surface area contributed by atoms with Gasteiger partial charge >= 0.3 is 12.1 Å². The number of hydrazine groups is 1. The van der Waals surface area contributed by atoms with Gasteiger partial charge in [0.25, 0.3) is 5.91 Å². The number of nitrogens with zero attached hydrogens (tertiary/aromatic N) is 5. The van der Waals surface area contributed by atoms with Crippen molar-refractivity contribution in [2.45, 2.75) is 33.5 Å². The number of hydrogen-bond acceptors (Lipinski definition) is 8. The van der Waals surface area contributed by atoms with Crippen molar-refractivity contribution in [3.63, 3.8) is 0 Å². The van der Waals surface area contributed by atoms with Crippen molar-refractivity contribution < 1.29 is 32.6 Å². The number of aromatic nitrogens is 2. The zero-order valence-electron chi connectivity index (χ0n) is 20.7. The van der Waals surface area contributed by atoms with Crippen LogP contribution in [0.1, 0.15) is 42.5 Å². The van der Waals surface area contributed by atoms with E-state index in [2.05, 4.69) is 41.1 Å². The van der Waals surface area contributed by atoms with Gasteiger partial charge in [-0.15, -0.1) is 0 Å². The molecular formula is C24H29F3N6O4. The second kappa shape index (κ2) is 13.0. The van der Waals surface area contributed by atoms with Gasteiger partial charge < -0.3 is 9.84 Å². The zero-order chi connectivity index (χ0) is 27.6. The molecule has 1 saturated heterocycles. The highest BCUT2D eigenvalue weighted by Gasteiger charge is 2.38. The monoisotopic (exact) mass is 522 g/mol. The number of halogens is 3. The standard InChI is InChI=1S/C22H28N6O2.C2HF3O2/c1-22(2,3)16-28(20-8-9-24-19(14-23)25-20)26-21(29)18-6-4-17(5-7-18)15-27-10-12-30-13-11-27;3-2(4,5)1(6)7/h4-9H,10-13,15-16H2,1-3H3,(H,26,29);(H,6,7). The minimum Gasteiger partial charge on any atom is -0.475 e. The number of morpholine rings is 1. The van der Waals surface area contributed by atoms with Crippen molar-refractivity contribution >= 4 is 17.7 Å². The number of amides is 1. The number of aliphatic carboxylic acids is 1. The Morgan fingerprint density at radius 3 is 2.27 bits per heavy atom. The van der Waals surface area contributed by atoms with Crippen LogP contribution in [0.3, 0.4) is 0 Å². The number of benzene rings is 1. The molecule has 1 aliphatic rings. The number of carboxylic acids is 1. The lowest BCUT2D eigenvalue weighted by atomic mass is 9.97. The third-order valence-electron chi connectivity index (χ3n) is 4.85. The summed E-state index contributed by atoms with van der Waals surface area (Å²) >= 11 is 0. The Labute approximate surface area is 212 Å². The minimum absolute atomic E-state index is 0.0631. The molecular weight excluding hydrogens is 493 g/mol. The van der Waals surface area contributed by atoms with Crippen LogP contribution in [-0.4, -0.2) is 70.9 Å². The predicted molar refractivity (Wildman–Crippen MR) is 127 cm³/mol. The Bertz CT molecular complexity index is 1090. The molecule has 200 valence electrons. The van der Waals surface area contributed by atoms with E-state index in [1.54, 1.807) is 11.1 Å². The topological polar surface area (TPSA) is 132 Å². The molecule has 1 aliphatic heterocycles. The lowest BCUT2D eigenvalue weighted by Gasteiger charge is -2.31. The second-order valence-electron chi connectivity index (χ2n) is 9.33. The van der Waals surface area contributed by atoms with Crippen molar-refractivity contribution in [1.82, 2.24) is 20.3 Å². The molecule has 0 unspecified atom stereocenters. The van der Waals surface area contributed by atoms with Gasteiger partial charge in [-0.25, -0.2) is 9.78 Å². The number of carbonyl (C=O) groups excluding carboxylic acids is 1. The molecule has 1 fully saturated rings. The Morgan fingerprint density at radius 2 is 1.76 bits per heavy atom. The number of rotatable bonds is 6. The smallest absolute Gasteiger partial charge is 0.475 e. The second-order valence-corrected chi connectivity index (χ2v) is 9.33. The molecule has 1 amide bonds. The molecule has 37 heavy (non-hydrogen) atoms. The largest absolute Gasteiger partial charge is 0.490 e. The summed E-state index contributed by atoms with van der Waals surface area (Å²) in [7, 11) is 0. The number of nitriles is 1. The van der Waals surface area contributed by atoms with E-state index in [0.717, 1.165) is 38.4 Å². The number of anilines is 1. The number of nitrogens with one attached hydrogen (secondary N) is 1. The van der Waals surface area contributed by atoms with E-state index in [4.69, 9.17) is 19.9 Å². The van der Waals surface area contributed by atoms with Gasteiger partial charge in [-0.1, -0.05) is 32.9 Å². The highest BCUT2D eigenvalue weighted by atomic mass is 19.4. The van der Waals surface area contributed by atoms with Crippen molar-refractivity contribution in [3.05, 3.63) is 53.5 Å². The van der Waals surface area contributed by atoms with Crippen LogP contribution in [0.2, 0.25) is 0 Å². The third kappa shape index (κ3) is 10.4. The van der Waals surface area contributed by atoms with Crippen molar-refractivity contribution in [2.24, 2.45) is 5.41 Å². The molecule has 0 bridgehead atoms. The maximum atomic E-state index is 12.9. The average Bonchev–Trinajstić information content (AvgIpc) is 2.83. The quantitative estimate of drug-likeness (QED) is 0.550. The van der Waals surface area contributed by atoms with Crippen LogP contribution in [0.4, 0.5) is 19.0 Å². The van der Waals surface area contributed by atoms with E-state index in [-0.39, 0.29) is 17.1 Å². The highest BCUT2D eigenvalue weighted by molar-refractivity contribution is 5.95. The summed E-state index contributed by atoms with van der Waals surface area (Å²) in [6.45, 7) is 11.0. The molecule has 2 N–H and O–H groups in total. The summed E-state index contributed by atoms with van der Waals surface area (Å²) in [4.78, 5) is 32.2. The van der Waals surface area contributed by atoms with Gasteiger partial charge in [0.05, 0.1) is 13.2 Å². The average molecular weight is 523 g/mol. The van der Waals surface area contributed by atoms with Crippen LogP contribution in [0.25, 0.3) is 0 Å². The highest BCUT2D eigenvalue weighted by Crippen LogP contribution is 2.19. The van der Waals surface area contributed by atoms with E-state index in [0.29, 0.717) is 17.9 Å². The van der Waals surface area contributed by atoms with Crippen LogP contribution in [0.15, 0.2) is 36.5 Å². The molecule has 3 rings (SSSR count). The molecule has 1 aromatic carbocycles. The normalized spacial score (nSPS) is 14.1. The third-order valence-corrected chi connectivity index (χ3v) is 4.85. The summed E-state index contributed by atoms with van der Waals surface area (Å²) in [5, 5.41) is 17.9. The number of ether oxygens (including phenoxy) is 1. The fourth-order valence-electron chi connectivity index (χ4n) is 3.17. The van der Waals surface area contributed by atoms with Crippen molar-refractivity contribution in [1.29, 1.82) is 5.26 Å². The summed E-state index contributed by atoms with van der Waals surface area (Å²) < 4.78 is 37.1. The lowest BCUT2D eigenvalue weighted by molar-refractivity contribution is -0.192. The number of carboxylic acid groups (broad SMARTS) is 1. The van der Waals surface area contributed by atoms with E-state index in [1.165, 1.54) is 6.20 Å². The number of alkyl halides is 3. The molecule has 0 saturated carbocycles. The predicted octanol–water partition coefficient (Wildman–Crippen LogP) is 3.01. The van der Waals surface area contributed by atoms with Gasteiger partial charge in [0, 0.05) is 44.0 Å². The SMILES string of the molecule is CC(C)(C)CN(NC(=O)c1ccc(CN2CCOCC2)cc1)c1ccnc(C#N)n1.O=C(O)C(F)(F)F. The summed E-state index contributed by atoms with van der Waals surface area (Å²) in [5.74, 6) is -2.44. The number of carbonyl (C=O) groups is 2. The fourth-order valence-corrected chi connectivity index (χ4v) is 3.17. The van der Waals surface area contributed by atoms with Crippen LogP contribution >= 0.6 is 0 Å². The van der Waals surface area contributed by atoms with E-state index in [9.17, 15) is 18.0 Å². The van der Waals surface area contributed by atoms with Crippen LogP contribution in [0, 0.1) is 16.7 Å². The fraction of sp³-hybridized carbons (Fsp3) is 0.458. The van der Waals surface area contributed by atoms with Crippen LogP contribution in [-0.2, 0) is 16.1 Å². The molecule has 2 heterocycles. The van der Waals surface area contributed by atoms with E-state index >= 15 is 0 Å². The molecule has 0 radical (unpaired) electrons. The molecule has 0 spiro atoms. The Morgan fingerprint density at radius 1 is 1.16 bits per heavy atom. The maximum absolute atomic E-state index is 12.9.